The van der Waals surface area contributed by atoms with Crippen molar-refractivity contribution in [2.45, 2.75) is 25.5 Å². The van der Waals surface area contributed by atoms with E-state index in [0.717, 1.165) is 53.3 Å². The summed E-state index contributed by atoms with van der Waals surface area (Å²) in [7, 11) is 0. The molecular formula is C19H18ClN3O. The van der Waals surface area contributed by atoms with Crippen LogP contribution >= 0.6 is 11.6 Å². The molecule has 5 heteroatoms. The molecule has 0 spiro atoms. The van der Waals surface area contributed by atoms with Gasteiger partial charge in [0, 0.05) is 35.2 Å². The average Bonchev–Trinajstić information content (AvgIpc) is 3.09. The molecule has 122 valence electrons. The monoisotopic (exact) mass is 339 g/mol. The van der Waals surface area contributed by atoms with Crippen LogP contribution in [0.1, 0.15) is 25.5 Å². The molecule has 1 unspecified atom stereocenters. The summed E-state index contributed by atoms with van der Waals surface area (Å²) >= 11 is 6.06. The minimum absolute atomic E-state index is 0.0139. The normalized spacial score (nSPS) is 17.8. The van der Waals surface area contributed by atoms with Crippen LogP contribution in [0.3, 0.4) is 0 Å². The van der Waals surface area contributed by atoms with Crippen molar-refractivity contribution < 1.29 is 4.74 Å². The topological polar surface area (TPSA) is 39.9 Å². The fraction of sp³-hybridized carbons (Fsp3) is 0.263. The highest BCUT2D eigenvalue weighted by Crippen LogP contribution is 2.36. The van der Waals surface area contributed by atoms with Gasteiger partial charge in [0.1, 0.15) is 0 Å². The van der Waals surface area contributed by atoms with Gasteiger partial charge in [-0.15, -0.1) is 0 Å². The van der Waals surface area contributed by atoms with Crippen LogP contribution in [0.4, 0.5) is 0 Å². The molecule has 1 fully saturated rings. The summed E-state index contributed by atoms with van der Waals surface area (Å²) in [6.45, 7) is 0.787. The summed E-state index contributed by atoms with van der Waals surface area (Å²) in [5.74, 6) is 0. The third-order valence-corrected chi connectivity index (χ3v) is 4.58. The van der Waals surface area contributed by atoms with Gasteiger partial charge in [-0.2, -0.15) is 5.10 Å². The summed E-state index contributed by atoms with van der Waals surface area (Å²) in [6, 6.07) is 11.9. The van der Waals surface area contributed by atoms with Crippen molar-refractivity contribution in [2.75, 3.05) is 6.61 Å². The van der Waals surface area contributed by atoms with E-state index in [1.54, 1.807) is 12.4 Å². The molecule has 1 aliphatic heterocycles. The van der Waals surface area contributed by atoms with Crippen molar-refractivity contribution in [1.82, 2.24) is 14.8 Å². The molecule has 0 aliphatic carbocycles. The fourth-order valence-electron chi connectivity index (χ4n) is 3.14. The van der Waals surface area contributed by atoms with Gasteiger partial charge >= 0.3 is 0 Å². The van der Waals surface area contributed by atoms with E-state index in [1.165, 1.54) is 0 Å². The third kappa shape index (κ3) is 2.95. The largest absolute Gasteiger partial charge is 0.356 e. The second-order valence-electron chi connectivity index (χ2n) is 5.92. The standard InChI is InChI=1S/C19H18ClN3O/c20-16-6-4-15(5-7-16)19-17(14-8-10-21-11-9-14)13-22-23(19)18-3-1-2-12-24-18/h4-11,13,18H,1-3,12H2. The van der Waals surface area contributed by atoms with E-state index in [-0.39, 0.29) is 6.23 Å². The fourth-order valence-corrected chi connectivity index (χ4v) is 3.26. The summed E-state index contributed by atoms with van der Waals surface area (Å²) in [5, 5.41) is 5.38. The van der Waals surface area contributed by atoms with Crippen molar-refractivity contribution in [3.63, 3.8) is 0 Å². The van der Waals surface area contributed by atoms with Gasteiger partial charge in [0.25, 0.3) is 0 Å². The molecular weight excluding hydrogens is 322 g/mol. The first kappa shape index (κ1) is 15.4. The first-order valence-electron chi connectivity index (χ1n) is 8.18. The molecule has 1 aromatic carbocycles. The van der Waals surface area contributed by atoms with Gasteiger partial charge < -0.3 is 4.74 Å². The minimum Gasteiger partial charge on any atom is -0.356 e. The van der Waals surface area contributed by atoms with E-state index in [4.69, 9.17) is 16.3 Å². The highest BCUT2D eigenvalue weighted by atomic mass is 35.5. The molecule has 4 rings (SSSR count). The molecule has 1 aliphatic rings. The molecule has 1 saturated heterocycles. The molecule has 0 bridgehead atoms. The second kappa shape index (κ2) is 6.75. The Balaban J connectivity index is 1.85. The molecule has 0 N–H and O–H groups in total. The van der Waals surface area contributed by atoms with Gasteiger partial charge in [0.15, 0.2) is 6.23 Å². The van der Waals surface area contributed by atoms with Gasteiger partial charge in [-0.1, -0.05) is 23.7 Å². The maximum absolute atomic E-state index is 6.06. The maximum atomic E-state index is 6.06. The van der Waals surface area contributed by atoms with Crippen molar-refractivity contribution in [3.05, 3.63) is 60.0 Å². The van der Waals surface area contributed by atoms with Gasteiger partial charge in [-0.3, -0.25) is 4.98 Å². The van der Waals surface area contributed by atoms with Crippen LogP contribution in [-0.4, -0.2) is 21.4 Å². The van der Waals surface area contributed by atoms with Gasteiger partial charge in [-0.25, -0.2) is 4.68 Å². The predicted molar refractivity (Wildman–Crippen MR) is 94.7 cm³/mol. The molecule has 0 saturated carbocycles. The minimum atomic E-state index is -0.0139. The number of hydrogen-bond acceptors (Lipinski definition) is 3. The first-order valence-corrected chi connectivity index (χ1v) is 8.56. The van der Waals surface area contributed by atoms with Crippen LogP contribution in [0.5, 0.6) is 0 Å². The number of pyridine rings is 1. The molecule has 3 heterocycles. The van der Waals surface area contributed by atoms with Gasteiger partial charge in [0.05, 0.1) is 11.9 Å². The highest BCUT2D eigenvalue weighted by Gasteiger charge is 2.23. The Hall–Kier alpha value is -2.17. The highest BCUT2D eigenvalue weighted by molar-refractivity contribution is 6.30. The van der Waals surface area contributed by atoms with E-state index in [9.17, 15) is 0 Å². The number of halogens is 1. The Bertz CT molecular complexity index is 808. The summed E-state index contributed by atoms with van der Waals surface area (Å²) in [4.78, 5) is 4.11. The zero-order valence-corrected chi connectivity index (χ0v) is 14.0. The van der Waals surface area contributed by atoms with Gasteiger partial charge in [0.2, 0.25) is 0 Å². The first-order chi connectivity index (χ1) is 11.8. The van der Waals surface area contributed by atoms with Crippen LogP contribution in [0.2, 0.25) is 5.02 Å². The Kier molecular flexibility index (Phi) is 4.32. The number of nitrogens with zero attached hydrogens (tertiary/aromatic N) is 3. The number of aromatic nitrogens is 3. The smallest absolute Gasteiger partial charge is 0.150 e. The second-order valence-corrected chi connectivity index (χ2v) is 6.35. The molecule has 3 aromatic rings. The van der Waals surface area contributed by atoms with Crippen LogP contribution in [0.15, 0.2) is 55.0 Å². The number of hydrogen-bond donors (Lipinski definition) is 0. The van der Waals surface area contributed by atoms with Crippen LogP contribution in [0.25, 0.3) is 22.4 Å². The predicted octanol–water partition coefficient (Wildman–Crippen LogP) is 4.96. The van der Waals surface area contributed by atoms with Crippen LogP contribution in [0, 0.1) is 0 Å². The lowest BCUT2D eigenvalue weighted by atomic mass is 10.0. The lowest BCUT2D eigenvalue weighted by Crippen LogP contribution is -2.20. The zero-order chi connectivity index (χ0) is 16.4. The molecule has 0 radical (unpaired) electrons. The third-order valence-electron chi connectivity index (χ3n) is 4.33. The average molecular weight is 340 g/mol. The Labute approximate surface area is 146 Å². The summed E-state index contributed by atoms with van der Waals surface area (Å²) in [5.41, 5.74) is 4.31. The summed E-state index contributed by atoms with van der Waals surface area (Å²) < 4.78 is 7.97. The Morgan fingerprint density at radius 1 is 1.00 bits per heavy atom. The quantitative estimate of drug-likeness (QED) is 0.676. The Morgan fingerprint density at radius 3 is 2.50 bits per heavy atom. The molecule has 1 atom stereocenters. The van der Waals surface area contributed by atoms with Crippen LogP contribution < -0.4 is 0 Å². The van der Waals surface area contributed by atoms with Gasteiger partial charge in [-0.05, 0) is 49.1 Å². The maximum Gasteiger partial charge on any atom is 0.150 e. The van der Waals surface area contributed by atoms with Crippen molar-refractivity contribution in [2.24, 2.45) is 0 Å². The summed E-state index contributed by atoms with van der Waals surface area (Å²) in [6.07, 6.45) is 8.76. The lowest BCUT2D eigenvalue weighted by Gasteiger charge is -2.25. The molecule has 24 heavy (non-hydrogen) atoms. The van der Waals surface area contributed by atoms with Crippen molar-refractivity contribution in [1.29, 1.82) is 0 Å². The van der Waals surface area contributed by atoms with E-state index >= 15 is 0 Å². The molecule has 4 nitrogen and oxygen atoms in total. The van der Waals surface area contributed by atoms with Crippen molar-refractivity contribution in [3.8, 4) is 22.4 Å². The Morgan fingerprint density at radius 2 is 1.79 bits per heavy atom. The number of rotatable bonds is 3. The van der Waals surface area contributed by atoms with E-state index in [0.29, 0.717) is 0 Å². The SMILES string of the molecule is Clc1ccc(-c2c(-c3ccncc3)cnn2C2CCCCO2)cc1. The van der Waals surface area contributed by atoms with E-state index < -0.39 is 0 Å². The molecule has 0 amide bonds. The molecule has 2 aromatic heterocycles. The number of benzene rings is 1. The lowest BCUT2D eigenvalue weighted by molar-refractivity contribution is -0.0383. The number of ether oxygens (including phenoxy) is 1. The van der Waals surface area contributed by atoms with E-state index in [2.05, 4.69) is 10.1 Å². The zero-order valence-electron chi connectivity index (χ0n) is 13.2. The van der Waals surface area contributed by atoms with Crippen LogP contribution in [-0.2, 0) is 4.74 Å². The van der Waals surface area contributed by atoms with Crippen molar-refractivity contribution >= 4 is 11.6 Å². The van der Waals surface area contributed by atoms with E-state index in [1.807, 2.05) is 47.3 Å².